The lowest BCUT2D eigenvalue weighted by Crippen LogP contribution is -2.20. The Labute approximate surface area is 113 Å². The number of pyridine rings is 1. The number of hydrogen-bond donors (Lipinski definition) is 1. The predicted octanol–water partition coefficient (Wildman–Crippen LogP) is 3.75. The van der Waals surface area contributed by atoms with E-state index in [9.17, 15) is 0 Å². The van der Waals surface area contributed by atoms with E-state index in [0.29, 0.717) is 12.0 Å². The Bertz CT molecular complexity index is 568. The summed E-state index contributed by atoms with van der Waals surface area (Å²) in [6.45, 7) is 2.27. The van der Waals surface area contributed by atoms with E-state index in [1.54, 1.807) is 7.11 Å². The third-order valence-corrected chi connectivity index (χ3v) is 3.82. The summed E-state index contributed by atoms with van der Waals surface area (Å²) in [5.74, 6) is 1.44. The molecule has 1 aliphatic rings. The molecule has 98 valence electrons. The number of fused-ring (bicyclic) bond motifs is 1. The van der Waals surface area contributed by atoms with Crippen LogP contribution in [0.3, 0.4) is 0 Å². The first-order valence-electron chi connectivity index (χ1n) is 6.62. The van der Waals surface area contributed by atoms with Gasteiger partial charge in [-0.1, -0.05) is 6.92 Å². The Morgan fingerprint density at radius 3 is 2.74 bits per heavy atom. The van der Waals surface area contributed by atoms with E-state index in [2.05, 4.69) is 41.5 Å². The summed E-state index contributed by atoms with van der Waals surface area (Å²) in [7, 11) is 1.71. The Kier molecular flexibility index (Phi) is 3.11. The summed E-state index contributed by atoms with van der Waals surface area (Å²) in [5, 5.41) is 3.61. The molecule has 1 aliphatic heterocycles. The molecule has 2 atom stereocenters. The van der Waals surface area contributed by atoms with Gasteiger partial charge in [0.2, 0.25) is 0 Å². The minimum absolute atomic E-state index is 0.360. The van der Waals surface area contributed by atoms with E-state index in [1.165, 1.54) is 16.8 Å². The molecule has 1 aromatic heterocycles. The average molecular weight is 254 g/mol. The first-order chi connectivity index (χ1) is 9.28. The topological polar surface area (TPSA) is 34.1 Å². The van der Waals surface area contributed by atoms with Gasteiger partial charge < -0.3 is 10.1 Å². The third kappa shape index (κ3) is 2.28. The molecule has 1 N–H and O–H groups in total. The fraction of sp³-hybridized carbons (Fsp3) is 0.312. The second-order valence-corrected chi connectivity index (χ2v) is 5.07. The molecule has 3 rings (SSSR count). The lowest BCUT2D eigenvalue weighted by Gasteiger charge is -2.32. The zero-order valence-corrected chi connectivity index (χ0v) is 11.3. The molecule has 19 heavy (non-hydrogen) atoms. The molecule has 0 unspecified atom stereocenters. The highest BCUT2D eigenvalue weighted by atomic mass is 16.5. The van der Waals surface area contributed by atoms with Gasteiger partial charge in [0.1, 0.15) is 5.75 Å². The summed E-state index contributed by atoms with van der Waals surface area (Å²) in [6.07, 6.45) is 4.79. The molecule has 0 saturated carbocycles. The number of anilines is 1. The van der Waals surface area contributed by atoms with E-state index in [4.69, 9.17) is 4.74 Å². The maximum absolute atomic E-state index is 5.30. The van der Waals surface area contributed by atoms with Gasteiger partial charge >= 0.3 is 0 Å². The zero-order chi connectivity index (χ0) is 13.2. The monoisotopic (exact) mass is 254 g/mol. The second kappa shape index (κ2) is 4.92. The van der Waals surface area contributed by atoms with Crippen LogP contribution < -0.4 is 10.1 Å². The van der Waals surface area contributed by atoms with Crippen LogP contribution in [0.2, 0.25) is 0 Å². The lowest BCUT2D eigenvalue weighted by atomic mass is 9.86. The van der Waals surface area contributed by atoms with Crippen molar-refractivity contribution in [3.63, 3.8) is 0 Å². The van der Waals surface area contributed by atoms with E-state index in [0.717, 1.165) is 12.2 Å². The fourth-order valence-electron chi connectivity index (χ4n) is 2.75. The van der Waals surface area contributed by atoms with E-state index >= 15 is 0 Å². The lowest BCUT2D eigenvalue weighted by molar-refractivity contribution is 0.413. The van der Waals surface area contributed by atoms with Crippen LogP contribution in [0.15, 0.2) is 42.7 Å². The predicted molar refractivity (Wildman–Crippen MR) is 76.6 cm³/mol. The van der Waals surface area contributed by atoms with Crippen molar-refractivity contribution in [1.82, 2.24) is 4.98 Å². The molecule has 0 saturated heterocycles. The molecule has 0 amide bonds. The molecule has 0 bridgehead atoms. The molecular weight excluding hydrogens is 236 g/mol. The Hall–Kier alpha value is -2.03. The maximum Gasteiger partial charge on any atom is 0.119 e. The van der Waals surface area contributed by atoms with Crippen LogP contribution in [0.1, 0.15) is 36.4 Å². The number of nitrogens with one attached hydrogen (secondary N) is 1. The van der Waals surface area contributed by atoms with Gasteiger partial charge in [-0.2, -0.15) is 0 Å². The van der Waals surface area contributed by atoms with Gasteiger partial charge in [0, 0.05) is 18.1 Å². The van der Waals surface area contributed by atoms with Crippen molar-refractivity contribution in [3.8, 4) is 5.75 Å². The summed E-state index contributed by atoms with van der Waals surface area (Å²) in [5.41, 5.74) is 3.84. The number of ether oxygens (including phenoxy) is 1. The number of methoxy groups -OCH3 is 1. The molecule has 3 heteroatoms. The van der Waals surface area contributed by atoms with Crippen molar-refractivity contribution in [2.24, 2.45) is 0 Å². The second-order valence-electron chi connectivity index (χ2n) is 5.07. The smallest absolute Gasteiger partial charge is 0.119 e. The molecule has 0 radical (unpaired) electrons. The Morgan fingerprint density at radius 2 is 2.00 bits per heavy atom. The Morgan fingerprint density at radius 1 is 1.21 bits per heavy atom. The first kappa shape index (κ1) is 12.0. The van der Waals surface area contributed by atoms with Crippen molar-refractivity contribution in [3.05, 3.63) is 53.9 Å². The minimum Gasteiger partial charge on any atom is -0.497 e. The molecule has 0 fully saturated rings. The van der Waals surface area contributed by atoms with Gasteiger partial charge in [-0.05, 0) is 53.8 Å². The molecule has 0 spiro atoms. The molecule has 1 aromatic carbocycles. The summed E-state index contributed by atoms with van der Waals surface area (Å²) < 4.78 is 5.30. The quantitative estimate of drug-likeness (QED) is 0.886. The SMILES string of the molecule is COc1ccc2c(c1)[C@@H](C)C[C@@H](c1ccncc1)N2. The molecule has 3 nitrogen and oxygen atoms in total. The van der Waals surface area contributed by atoms with Gasteiger partial charge in [-0.25, -0.2) is 0 Å². The van der Waals surface area contributed by atoms with Crippen LogP contribution in [0, 0.1) is 0 Å². The summed E-state index contributed by atoms with van der Waals surface area (Å²) in [4.78, 5) is 4.08. The number of hydrogen-bond acceptors (Lipinski definition) is 3. The van der Waals surface area contributed by atoms with Crippen LogP contribution in [-0.4, -0.2) is 12.1 Å². The molecular formula is C16H18N2O. The van der Waals surface area contributed by atoms with Gasteiger partial charge in [0.25, 0.3) is 0 Å². The van der Waals surface area contributed by atoms with Crippen LogP contribution in [0.4, 0.5) is 5.69 Å². The van der Waals surface area contributed by atoms with Gasteiger partial charge in [-0.3, -0.25) is 4.98 Å². The number of aromatic nitrogens is 1. The van der Waals surface area contributed by atoms with Crippen LogP contribution >= 0.6 is 0 Å². The van der Waals surface area contributed by atoms with Gasteiger partial charge in [0.05, 0.1) is 13.2 Å². The van der Waals surface area contributed by atoms with E-state index < -0.39 is 0 Å². The number of rotatable bonds is 2. The molecule has 2 heterocycles. The van der Waals surface area contributed by atoms with Crippen molar-refractivity contribution >= 4 is 5.69 Å². The van der Waals surface area contributed by atoms with E-state index in [1.807, 2.05) is 18.5 Å². The normalized spacial score (nSPS) is 21.4. The van der Waals surface area contributed by atoms with Crippen molar-refractivity contribution in [1.29, 1.82) is 0 Å². The number of nitrogens with zero attached hydrogens (tertiary/aromatic N) is 1. The summed E-state index contributed by atoms with van der Waals surface area (Å²) >= 11 is 0. The summed E-state index contributed by atoms with van der Waals surface area (Å²) in [6, 6.07) is 10.8. The average Bonchev–Trinajstić information content (AvgIpc) is 2.48. The Balaban J connectivity index is 1.92. The van der Waals surface area contributed by atoms with Crippen molar-refractivity contribution in [2.75, 3.05) is 12.4 Å². The minimum atomic E-state index is 0.360. The van der Waals surface area contributed by atoms with E-state index in [-0.39, 0.29) is 0 Å². The largest absolute Gasteiger partial charge is 0.497 e. The van der Waals surface area contributed by atoms with Crippen molar-refractivity contribution < 1.29 is 4.74 Å². The number of benzene rings is 1. The van der Waals surface area contributed by atoms with Crippen molar-refractivity contribution in [2.45, 2.75) is 25.3 Å². The highest BCUT2D eigenvalue weighted by Gasteiger charge is 2.24. The highest BCUT2D eigenvalue weighted by molar-refractivity contribution is 5.59. The van der Waals surface area contributed by atoms with Gasteiger partial charge in [0.15, 0.2) is 0 Å². The standard InChI is InChI=1S/C16H18N2O/c1-11-9-16(12-5-7-17-8-6-12)18-15-4-3-13(19-2)10-14(11)15/h3-8,10-11,16,18H,9H2,1-2H3/t11-,16-/m0/s1. The fourth-order valence-corrected chi connectivity index (χ4v) is 2.75. The van der Waals surface area contributed by atoms with Gasteiger partial charge in [-0.15, -0.1) is 0 Å². The van der Waals surface area contributed by atoms with Crippen LogP contribution in [0.25, 0.3) is 0 Å². The third-order valence-electron chi connectivity index (χ3n) is 3.82. The zero-order valence-electron chi connectivity index (χ0n) is 11.3. The molecule has 0 aliphatic carbocycles. The maximum atomic E-state index is 5.30. The molecule has 2 aromatic rings. The van der Waals surface area contributed by atoms with Crippen LogP contribution in [-0.2, 0) is 0 Å². The van der Waals surface area contributed by atoms with Crippen LogP contribution in [0.5, 0.6) is 5.75 Å². The highest BCUT2D eigenvalue weighted by Crippen LogP contribution is 2.41. The first-order valence-corrected chi connectivity index (χ1v) is 6.62.